The highest BCUT2D eigenvalue weighted by atomic mass is 16.5. The number of para-hydroxylation sites is 1. The first-order valence-electron chi connectivity index (χ1n) is 10.1. The number of rotatable bonds is 8. The molecule has 0 aliphatic carbocycles. The lowest BCUT2D eigenvalue weighted by Gasteiger charge is -2.17. The molecule has 0 spiro atoms. The molecule has 1 heterocycles. The summed E-state index contributed by atoms with van der Waals surface area (Å²) in [6.07, 6.45) is 3.39. The van der Waals surface area contributed by atoms with E-state index in [1.807, 2.05) is 0 Å². The van der Waals surface area contributed by atoms with Gasteiger partial charge in [-0.1, -0.05) is 24.8 Å². The van der Waals surface area contributed by atoms with Gasteiger partial charge in [0.1, 0.15) is 5.58 Å². The summed E-state index contributed by atoms with van der Waals surface area (Å²) < 4.78 is 16.3. The van der Waals surface area contributed by atoms with Gasteiger partial charge in [-0.2, -0.15) is 5.12 Å². The summed E-state index contributed by atoms with van der Waals surface area (Å²) in [5, 5.41) is 8.18. The number of ether oxygens (including phenoxy) is 2. The predicted molar refractivity (Wildman–Crippen MR) is 131 cm³/mol. The number of fused-ring (bicyclic) bond motifs is 1. The van der Waals surface area contributed by atoms with Gasteiger partial charge in [0.15, 0.2) is 28.5 Å². The highest BCUT2D eigenvalue weighted by molar-refractivity contribution is 6.09. The van der Waals surface area contributed by atoms with Gasteiger partial charge in [0.2, 0.25) is 0 Å². The molecule has 5 N–H and O–H groups in total. The SMILES string of the molecule is C=C(/C=C\C)N(N)/N=C(\N)c1cc(OC)c(OC)cc1NC(=O)c1cc(=O)c2ccccc2o1. The molecule has 0 radical (unpaired) electrons. The summed E-state index contributed by atoms with van der Waals surface area (Å²) in [5.74, 6) is 5.69. The molecule has 0 saturated heterocycles. The Labute approximate surface area is 195 Å². The molecule has 0 saturated carbocycles. The maximum Gasteiger partial charge on any atom is 0.291 e. The quantitative estimate of drug-likeness (QED) is 0.152. The van der Waals surface area contributed by atoms with Gasteiger partial charge >= 0.3 is 0 Å². The van der Waals surface area contributed by atoms with E-state index in [2.05, 4.69) is 17.0 Å². The topological polar surface area (TPSA) is 145 Å². The predicted octanol–water partition coefficient (Wildman–Crippen LogP) is 2.95. The largest absolute Gasteiger partial charge is 0.493 e. The first-order valence-corrected chi connectivity index (χ1v) is 10.1. The van der Waals surface area contributed by atoms with Crippen LogP contribution in [0.5, 0.6) is 11.5 Å². The minimum atomic E-state index is -0.674. The van der Waals surface area contributed by atoms with Crippen molar-refractivity contribution < 1.29 is 18.7 Å². The number of nitrogens with zero attached hydrogens (tertiary/aromatic N) is 2. The molecule has 2 aromatic carbocycles. The zero-order valence-electron chi connectivity index (χ0n) is 19.0. The number of carbonyl (C=O) groups excluding carboxylic acids is 1. The summed E-state index contributed by atoms with van der Waals surface area (Å²) >= 11 is 0. The number of nitrogens with two attached hydrogens (primary N) is 2. The van der Waals surface area contributed by atoms with E-state index in [0.29, 0.717) is 22.6 Å². The fourth-order valence-corrected chi connectivity index (χ4v) is 3.10. The summed E-state index contributed by atoms with van der Waals surface area (Å²) in [6.45, 7) is 5.60. The molecule has 3 aromatic rings. The minimum Gasteiger partial charge on any atom is -0.493 e. The van der Waals surface area contributed by atoms with Gasteiger partial charge in [-0.25, -0.2) is 5.84 Å². The average Bonchev–Trinajstić information content (AvgIpc) is 2.83. The Bertz CT molecular complexity index is 1360. The molecule has 0 bridgehead atoms. The number of nitrogens with one attached hydrogen (secondary N) is 1. The molecule has 176 valence electrons. The van der Waals surface area contributed by atoms with Crippen LogP contribution < -0.4 is 31.8 Å². The monoisotopic (exact) mass is 463 g/mol. The van der Waals surface area contributed by atoms with Crippen LogP contribution in [0.4, 0.5) is 5.69 Å². The van der Waals surface area contributed by atoms with Gasteiger partial charge in [-0.3, -0.25) is 9.59 Å². The van der Waals surface area contributed by atoms with Crippen molar-refractivity contribution in [1.82, 2.24) is 5.12 Å². The van der Waals surface area contributed by atoms with Gasteiger partial charge in [0.25, 0.3) is 5.91 Å². The van der Waals surface area contributed by atoms with Crippen molar-refractivity contribution in [3.63, 3.8) is 0 Å². The van der Waals surface area contributed by atoms with Gasteiger partial charge < -0.3 is 24.9 Å². The number of carbonyl (C=O) groups is 1. The van der Waals surface area contributed by atoms with Crippen molar-refractivity contribution in [3.8, 4) is 11.5 Å². The van der Waals surface area contributed by atoms with E-state index in [-0.39, 0.29) is 33.9 Å². The third-order valence-corrected chi connectivity index (χ3v) is 4.78. The number of methoxy groups -OCH3 is 2. The molecule has 10 nitrogen and oxygen atoms in total. The molecule has 0 aliphatic rings. The molecule has 0 fully saturated rings. The van der Waals surface area contributed by atoms with Gasteiger partial charge in [-0.15, -0.1) is 5.10 Å². The third-order valence-electron chi connectivity index (χ3n) is 4.78. The lowest BCUT2D eigenvalue weighted by Crippen LogP contribution is -2.29. The van der Waals surface area contributed by atoms with E-state index in [0.717, 1.165) is 11.2 Å². The fraction of sp³-hybridized carbons (Fsp3) is 0.125. The van der Waals surface area contributed by atoms with Crippen LogP contribution in [0.1, 0.15) is 23.0 Å². The molecule has 1 amide bonds. The zero-order chi connectivity index (χ0) is 24.8. The standard InChI is InChI=1S/C24H25N5O5/c1-5-8-14(2)29(26)28-23(25)16-11-20(32-3)21(33-4)12-17(16)27-24(31)22-13-18(30)15-9-6-7-10-19(15)34-22/h5-13H,2,26H2,1,3-4H3,(H2,25,28)(H,27,31)/b8-5-. The van der Waals surface area contributed by atoms with E-state index in [4.69, 9.17) is 25.5 Å². The Kier molecular flexibility index (Phi) is 7.34. The Morgan fingerprint density at radius 1 is 1.18 bits per heavy atom. The van der Waals surface area contributed by atoms with Crippen LogP contribution in [-0.2, 0) is 0 Å². The Morgan fingerprint density at radius 3 is 2.53 bits per heavy atom. The lowest BCUT2D eigenvalue weighted by atomic mass is 10.1. The Balaban J connectivity index is 2.05. The molecule has 3 rings (SSSR count). The van der Waals surface area contributed by atoms with Crippen molar-refractivity contribution in [2.45, 2.75) is 6.92 Å². The second kappa shape index (κ2) is 10.4. The number of allylic oxidation sites excluding steroid dienone is 2. The summed E-state index contributed by atoms with van der Waals surface area (Å²) in [4.78, 5) is 25.4. The van der Waals surface area contributed by atoms with Crippen molar-refractivity contribution in [2.24, 2.45) is 16.7 Å². The van der Waals surface area contributed by atoms with Crippen LogP contribution in [-0.4, -0.2) is 31.1 Å². The van der Waals surface area contributed by atoms with Gasteiger partial charge in [0, 0.05) is 17.7 Å². The highest BCUT2D eigenvalue weighted by Gasteiger charge is 2.19. The molecule has 1 aromatic heterocycles. The molecule has 0 unspecified atom stereocenters. The molecule has 10 heteroatoms. The molecular formula is C24H25N5O5. The summed E-state index contributed by atoms with van der Waals surface area (Å²) in [7, 11) is 2.91. The van der Waals surface area contributed by atoms with Crippen molar-refractivity contribution in [1.29, 1.82) is 0 Å². The van der Waals surface area contributed by atoms with Crippen LogP contribution in [0.2, 0.25) is 0 Å². The zero-order valence-corrected chi connectivity index (χ0v) is 19.0. The summed E-state index contributed by atoms with van der Waals surface area (Å²) in [5.41, 5.74) is 7.04. The average molecular weight is 463 g/mol. The maximum absolute atomic E-state index is 13.0. The number of benzene rings is 2. The van der Waals surface area contributed by atoms with Crippen LogP contribution >= 0.6 is 0 Å². The van der Waals surface area contributed by atoms with Crippen molar-refractivity contribution in [3.05, 3.63) is 88.4 Å². The van der Waals surface area contributed by atoms with Crippen molar-refractivity contribution >= 4 is 28.4 Å². The normalized spacial score (nSPS) is 11.5. The van der Waals surface area contributed by atoms with E-state index >= 15 is 0 Å². The summed E-state index contributed by atoms with van der Waals surface area (Å²) in [6, 6.07) is 10.8. The number of amidine groups is 1. The smallest absolute Gasteiger partial charge is 0.291 e. The van der Waals surface area contributed by atoms with Crippen molar-refractivity contribution in [2.75, 3.05) is 19.5 Å². The number of anilines is 1. The number of hydrazone groups is 1. The van der Waals surface area contributed by atoms with Gasteiger partial charge in [-0.05, 0) is 31.2 Å². The van der Waals surface area contributed by atoms with E-state index < -0.39 is 5.91 Å². The molecular weight excluding hydrogens is 438 g/mol. The second-order valence-electron chi connectivity index (χ2n) is 7.00. The lowest BCUT2D eigenvalue weighted by molar-refractivity contribution is 0.0997. The second-order valence-corrected chi connectivity index (χ2v) is 7.00. The molecule has 0 aliphatic heterocycles. The van der Waals surface area contributed by atoms with Gasteiger partial charge in [0.05, 0.1) is 31.0 Å². The highest BCUT2D eigenvalue weighted by Crippen LogP contribution is 2.33. The Morgan fingerprint density at radius 2 is 1.85 bits per heavy atom. The number of hydrogen-bond acceptors (Lipinski definition) is 8. The minimum absolute atomic E-state index is 0.0376. The first-order chi connectivity index (χ1) is 16.3. The first kappa shape index (κ1) is 24.1. The molecule has 0 atom stereocenters. The maximum atomic E-state index is 13.0. The van der Waals surface area contributed by atoms with Crippen LogP contribution in [0.15, 0.2) is 81.2 Å². The van der Waals surface area contributed by atoms with Crippen LogP contribution in [0, 0.1) is 0 Å². The molecule has 34 heavy (non-hydrogen) atoms. The van der Waals surface area contributed by atoms with Crippen LogP contribution in [0.3, 0.4) is 0 Å². The van der Waals surface area contributed by atoms with E-state index in [9.17, 15) is 9.59 Å². The van der Waals surface area contributed by atoms with E-state index in [1.165, 1.54) is 26.4 Å². The van der Waals surface area contributed by atoms with E-state index in [1.54, 1.807) is 43.3 Å². The fourth-order valence-electron chi connectivity index (χ4n) is 3.10. The Hall–Kier alpha value is -4.57. The van der Waals surface area contributed by atoms with Crippen LogP contribution in [0.25, 0.3) is 11.0 Å². The number of hydrazine groups is 1. The number of hydrogen-bond donors (Lipinski definition) is 3. The number of amides is 1. The third kappa shape index (κ3) is 5.08.